The lowest BCUT2D eigenvalue weighted by Gasteiger charge is -2.41. The number of likely N-dealkylation sites (tertiary alicyclic amines) is 1. The smallest absolute Gasteiger partial charge is 0.245 e. The summed E-state index contributed by atoms with van der Waals surface area (Å²) >= 11 is 1.51. The van der Waals surface area contributed by atoms with E-state index in [4.69, 9.17) is 9.47 Å². The van der Waals surface area contributed by atoms with E-state index in [2.05, 4.69) is 34.8 Å². The second kappa shape index (κ2) is 21.6. The van der Waals surface area contributed by atoms with Gasteiger partial charge in [-0.05, 0) is 49.6 Å². The van der Waals surface area contributed by atoms with Crippen LogP contribution in [0.4, 0.5) is 0 Å². The maximum Gasteiger partial charge on any atom is 0.245 e. The Hall–Kier alpha value is -3.39. The van der Waals surface area contributed by atoms with Gasteiger partial charge in [-0.15, -0.1) is 11.3 Å². The molecule has 302 valence electrons. The van der Waals surface area contributed by atoms with Gasteiger partial charge in [-0.3, -0.25) is 19.2 Å². The van der Waals surface area contributed by atoms with E-state index in [-0.39, 0.29) is 59.9 Å². The number of nitrogens with one attached hydrogen (secondary N) is 3. The Kier molecular flexibility index (Phi) is 18.0. The number of rotatable bonds is 21. The number of methoxy groups -OCH3 is 2. The van der Waals surface area contributed by atoms with Crippen molar-refractivity contribution in [1.82, 2.24) is 30.7 Å². The van der Waals surface area contributed by atoms with Crippen molar-refractivity contribution >= 4 is 35.0 Å². The highest BCUT2D eigenvalue weighted by Gasteiger charge is 2.43. The first-order valence-electron chi connectivity index (χ1n) is 19.5. The van der Waals surface area contributed by atoms with Crippen molar-refractivity contribution in [2.45, 2.75) is 123 Å². The van der Waals surface area contributed by atoms with Crippen molar-refractivity contribution in [3.8, 4) is 0 Å². The van der Waals surface area contributed by atoms with E-state index in [1.54, 1.807) is 39.4 Å². The van der Waals surface area contributed by atoms with Gasteiger partial charge in [0.05, 0.1) is 48.7 Å². The molecule has 3 N–H and O–H groups in total. The second-order valence-electron chi connectivity index (χ2n) is 15.5. The summed E-state index contributed by atoms with van der Waals surface area (Å²) < 4.78 is 12.1. The van der Waals surface area contributed by atoms with Gasteiger partial charge in [0.1, 0.15) is 11.0 Å². The number of nitrogens with zero attached hydrogens (tertiary/aromatic N) is 3. The number of carbonyl (C=O) groups excluding carboxylic acids is 4. The van der Waals surface area contributed by atoms with E-state index >= 15 is 0 Å². The molecular weight excluding hydrogens is 705 g/mol. The molecule has 1 saturated heterocycles. The molecule has 4 amide bonds. The third-order valence-corrected chi connectivity index (χ3v) is 12.0. The SMILES string of the molecule is CC[C@H](C)C(C(CC(=O)N1CCCC1C(OC)C(C)C(=O)N[C@@H](Cc1ccccc1)c1nccs1)OC)N(C)C(=O)[C@@H](NC(=O)C(NC)C(C)C)C(C)C. The van der Waals surface area contributed by atoms with Gasteiger partial charge in [-0.1, -0.05) is 85.2 Å². The van der Waals surface area contributed by atoms with Gasteiger partial charge in [0, 0.05) is 39.4 Å². The summed E-state index contributed by atoms with van der Waals surface area (Å²) in [5.41, 5.74) is 1.09. The van der Waals surface area contributed by atoms with Crippen LogP contribution >= 0.6 is 11.3 Å². The average molecular weight is 771 g/mol. The lowest BCUT2D eigenvalue weighted by Crippen LogP contribution is -2.59. The topological polar surface area (TPSA) is 142 Å². The fraction of sp³-hybridized carbons (Fsp3) is 0.683. The molecule has 2 heterocycles. The van der Waals surface area contributed by atoms with Crippen LogP contribution in [-0.2, 0) is 35.1 Å². The Morgan fingerprint density at radius 1 is 0.963 bits per heavy atom. The molecule has 1 fully saturated rings. The monoisotopic (exact) mass is 770 g/mol. The summed E-state index contributed by atoms with van der Waals surface area (Å²) in [5, 5.41) is 12.0. The highest BCUT2D eigenvalue weighted by molar-refractivity contribution is 7.09. The Balaban J connectivity index is 1.78. The summed E-state index contributed by atoms with van der Waals surface area (Å²) in [6, 6.07) is 7.77. The van der Waals surface area contributed by atoms with Crippen molar-refractivity contribution in [3.05, 3.63) is 52.5 Å². The first kappa shape index (κ1) is 45.0. The van der Waals surface area contributed by atoms with E-state index in [1.807, 2.05) is 75.2 Å². The molecule has 1 aliphatic rings. The van der Waals surface area contributed by atoms with Gasteiger partial charge in [-0.25, -0.2) is 4.98 Å². The Morgan fingerprint density at radius 3 is 2.17 bits per heavy atom. The van der Waals surface area contributed by atoms with Gasteiger partial charge in [0.15, 0.2) is 0 Å². The second-order valence-corrected chi connectivity index (χ2v) is 16.4. The number of likely N-dealkylation sites (N-methyl/N-ethyl adjacent to an activating group) is 2. The predicted molar refractivity (Wildman–Crippen MR) is 214 cm³/mol. The number of carbonyl (C=O) groups is 4. The number of hydrogen-bond acceptors (Lipinski definition) is 9. The standard InChI is InChI=1S/C41H66N6O6S/c1-12-27(6)36(46(9)41(51)35(26(4)5)45-39(50)34(42-8)25(2)3)32(52-10)24-33(48)47-21-16-19-31(47)37(53-11)28(7)38(49)44-30(40-43-20-22-54-40)23-29-17-14-13-15-18-29/h13-15,17-18,20,22,25-28,30-32,34-37,42H,12,16,19,21,23-24H2,1-11H3,(H,44,49)(H,45,50)/t27-,28?,30-,31?,32?,34?,35-,36?,37?/m0/s1. The number of ether oxygens (including phenoxy) is 2. The van der Waals surface area contributed by atoms with Crippen LogP contribution in [0.3, 0.4) is 0 Å². The molecule has 0 radical (unpaired) electrons. The number of benzene rings is 1. The number of amides is 4. The molecule has 0 aliphatic carbocycles. The Morgan fingerprint density at radius 2 is 1.63 bits per heavy atom. The molecule has 9 atom stereocenters. The maximum atomic E-state index is 14.3. The van der Waals surface area contributed by atoms with Crippen molar-refractivity contribution in [2.24, 2.45) is 23.7 Å². The Bertz CT molecular complexity index is 1460. The molecule has 1 aromatic carbocycles. The summed E-state index contributed by atoms with van der Waals surface area (Å²) in [4.78, 5) is 63.6. The fourth-order valence-corrected chi connectivity index (χ4v) is 8.50. The van der Waals surface area contributed by atoms with Crippen LogP contribution in [0.5, 0.6) is 0 Å². The third-order valence-electron chi connectivity index (χ3n) is 11.1. The highest BCUT2D eigenvalue weighted by Crippen LogP contribution is 2.30. The van der Waals surface area contributed by atoms with Crippen LogP contribution in [0, 0.1) is 23.7 Å². The van der Waals surface area contributed by atoms with Crippen molar-refractivity contribution in [2.75, 3.05) is 34.9 Å². The van der Waals surface area contributed by atoms with E-state index in [0.717, 1.165) is 23.4 Å². The zero-order chi connectivity index (χ0) is 40.1. The quantitative estimate of drug-likeness (QED) is 0.164. The fourth-order valence-electron chi connectivity index (χ4n) is 7.81. The number of aromatic nitrogens is 1. The maximum absolute atomic E-state index is 14.3. The van der Waals surface area contributed by atoms with Gasteiger partial charge in [0.25, 0.3) is 0 Å². The first-order valence-corrected chi connectivity index (χ1v) is 20.4. The van der Waals surface area contributed by atoms with E-state index < -0.39 is 36.3 Å². The third kappa shape index (κ3) is 11.6. The van der Waals surface area contributed by atoms with Crippen molar-refractivity contribution in [1.29, 1.82) is 0 Å². The van der Waals surface area contributed by atoms with Crippen molar-refractivity contribution in [3.63, 3.8) is 0 Å². The molecule has 1 aromatic heterocycles. The lowest BCUT2D eigenvalue weighted by molar-refractivity contribution is -0.147. The molecule has 12 nitrogen and oxygen atoms in total. The molecule has 0 spiro atoms. The number of hydrogen-bond donors (Lipinski definition) is 3. The molecular formula is C41H66N6O6S. The summed E-state index contributed by atoms with van der Waals surface area (Å²) in [5.74, 6) is -1.41. The van der Waals surface area contributed by atoms with E-state index in [0.29, 0.717) is 19.4 Å². The lowest BCUT2D eigenvalue weighted by atomic mass is 9.89. The predicted octanol–water partition coefficient (Wildman–Crippen LogP) is 4.85. The zero-order valence-corrected chi connectivity index (χ0v) is 35.2. The molecule has 3 rings (SSSR count). The zero-order valence-electron chi connectivity index (χ0n) is 34.3. The summed E-state index contributed by atoms with van der Waals surface area (Å²) in [6.45, 7) is 14.3. The van der Waals surface area contributed by atoms with Crippen LogP contribution < -0.4 is 16.0 Å². The van der Waals surface area contributed by atoms with Crippen LogP contribution in [0.15, 0.2) is 41.9 Å². The molecule has 0 saturated carbocycles. The minimum atomic E-state index is -0.752. The minimum absolute atomic E-state index is 0.00702. The average Bonchev–Trinajstić information content (AvgIpc) is 3.87. The first-order chi connectivity index (χ1) is 25.7. The van der Waals surface area contributed by atoms with Gasteiger partial charge in [0.2, 0.25) is 23.6 Å². The van der Waals surface area contributed by atoms with Crippen LogP contribution in [0.25, 0.3) is 0 Å². The highest BCUT2D eigenvalue weighted by atomic mass is 32.1. The van der Waals surface area contributed by atoms with Crippen molar-refractivity contribution < 1.29 is 28.7 Å². The van der Waals surface area contributed by atoms with Crippen LogP contribution in [0.1, 0.15) is 90.8 Å². The number of thiazole rings is 1. The van der Waals surface area contributed by atoms with Crippen LogP contribution in [-0.4, -0.2) is 110 Å². The molecule has 2 aromatic rings. The van der Waals surface area contributed by atoms with E-state index in [1.165, 1.54) is 11.3 Å². The van der Waals surface area contributed by atoms with Crippen LogP contribution in [0.2, 0.25) is 0 Å². The molecule has 1 aliphatic heterocycles. The summed E-state index contributed by atoms with van der Waals surface area (Å²) in [6.07, 6.45) is 3.48. The molecule has 54 heavy (non-hydrogen) atoms. The van der Waals surface area contributed by atoms with Gasteiger partial charge in [-0.2, -0.15) is 0 Å². The minimum Gasteiger partial charge on any atom is -0.379 e. The normalized spacial score (nSPS) is 19.1. The molecule has 6 unspecified atom stereocenters. The van der Waals surface area contributed by atoms with Gasteiger partial charge < -0.3 is 35.2 Å². The molecule has 0 bridgehead atoms. The van der Waals surface area contributed by atoms with Gasteiger partial charge >= 0.3 is 0 Å². The van der Waals surface area contributed by atoms with E-state index in [9.17, 15) is 19.2 Å². The largest absolute Gasteiger partial charge is 0.379 e. The molecule has 13 heteroatoms. The summed E-state index contributed by atoms with van der Waals surface area (Å²) in [7, 11) is 6.65. The Labute approximate surface area is 327 Å².